The lowest BCUT2D eigenvalue weighted by molar-refractivity contribution is 0.310. The zero-order valence-corrected chi connectivity index (χ0v) is 13.7. The quantitative estimate of drug-likeness (QED) is 0.838. The Kier molecular flexibility index (Phi) is 5.05. The third kappa shape index (κ3) is 3.86. The van der Waals surface area contributed by atoms with Gasteiger partial charge in [-0.25, -0.2) is 12.7 Å². The number of hydrogen-bond acceptors (Lipinski definition) is 4. The SMILES string of the molecule is COc1ccc(S(=O)(=O)N(C)CC(C)(C)C)cc1OC. The molecular weight excluding hydrogens is 278 g/mol. The van der Waals surface area contributed by atoms with Crippen molar-refractivity contribution in [3.8, 4) is 11.5 Å². The molecule has 0 radical (unpaired) electrons. The van der Waals surface area contributed by atoms with E-state index in [9.17, 15) is 8.42 Å². The Hall–Kier alpha value is -1.27. The van der Waals surface area contributed by atoms with Crippen LogP contribution < -0.4 is 9.47 Å². The van der Waals surface area contributed by atoms with Crippen LogP contribution in [0, 0.1) is 5.41 Å². The van der Waals surface area contributed by atoms with E-state index < -0.39 is 10.0 Å². The molecule has 1 aromatic rings. The summed E-state index contributed by atoms with van der Waals surface area (Å²) in [6.45, 7) is 6.42. The van der Waals surface area contributed by atoms with Gasteiger partial charge < -0.3 is 9.47 Å². The molecule has 1 aromatic carbocycles. The molecule has 0 aliphatic carbocycles. The Morgan fingerprint density at radius 2 is 1.65 bits per heavy atom. The normalized spacial score (nSPS) is 12.6. The van der Waals surface area contributed by atoms with E-state index in [4.69, 9.17) is 9.47 Å². The van der Waals surface area contributed by atoms with Crippen LogP contribution in [-0.4, -0.2) is 40.5 Å². The average Bonchev–Trinajstić information content (AvgIpc) is 2.35. The Balaban J connectivity index is 3.16. The van der Waals surface area contributed by atoms with E-state index in [1.165, 1.54) is 30.7 Å². The number of benzene rings is 1. The predicted octanol–water partition coefficient (Wildman–Crippen LogP) is 2.37. The molecule has 0 aliphatic rings. The zero-order chi connectivity index (χ0) is 15.6. The van der Waals surface area contributed by atoms with Crippen LogP contribution in [0.15, 0.2) is 23.1 Å². The Morgan fingerprint density at radius 1 is 1.10 bits per heavy atom. The van der Waals surface area contributed by atoms with E-state index in [1.54, 1.807) is 13.1 Å². The first-order valence-corrected chi connectivity index (χ1v) is 7.74. The number of methoxy groups -OCH3 is 2. The summed E-state index contributed by atoms with van der Waals surface area (Å²) in [6.07, 6.45) is 0. The molecule has 1 rings (SSSR count). The zero-order valence-electron chi connectivity index (χ0n) is 12.9. The predicted molar refractivity (Wildman–Crippen MR) is 78.8 cm³/mol. The summed E-state index contributed by atoms with van der Waals surface area (Å²) in [6, 6.07) is 4.60. The summed E-state index contributed by atoms with van der Waals surface area (Å²) >= 11 is 0. The fourth-order valence-corrected chi connectivity index (χ4v) is 3.32. The fourth-order valence-electron chi connectivity index (χ4n) is 1.91. The van der Waals surface area contributed by atoms with Crippen LogP contribution in [0.1, 0.15) is 20.8 Å². The molecule has 0 amide bonds. The molecule has 0 saturated heterocycles. The Labute approximate surface area is 121 Å². The van der Waals surface area contributed by atoms with Gasteiger partial charge in [0.2, 0.25) is 10.0 Å². The summed E-state index contributed by atoms with van der Waals surface area (Å²) in [4.78, 5) is 0.196. The molecule has 0 atom stereocenters. The lowest BCUT2D eigenvalue weighted by Crippen LogP contribution is -2.34. The Morgan fingerprint density at radius 3 is 2.10 bits per heavy atom. The number of rotatable bonds is 5. The van der Waals surface area contributed by atoms with Gasteiger partial charge in [-0.05, 0) is 17.5 Å². The number of ether oxygens (including phenoxy) is 2. The van der Waals surface area contributed by atoms with Crippen molar-refractivity contribution in [3.05, 3.63) is 18.2 Å². The molecule has 6 heteroatoms. The maximum absolute atomic E-state index is 12.5. The molecule has 0 aliphatic heterocycles. The van der Waals surface area contributed by atoms with Crippen LogP contribution in [-0.2, 0) is 10.0 Å². The summed E-state index contributed by atoms with van der Waals surface area (Å²) < 4.78 is 36.6. The monoisotopic (exact) mass is 301 g/mol. The first kappa shape index (κ1) is 16.8. The third-order valence-corrected chi connectivity index (χ3v) is 4.56. The van der Waals surface area contributed by atoms with Crippen LogP contribution in [0.5, 0.6) is 11.5 Å². The number of nitrogens with zero attached hydrogens (tertiary/aromatic N) is 1. The van der Waals surface area contributed by atoms with Gasteiger partial charge in [-0.15, -0.1) is 0 Å². The average molecular weight is 301 g/mol. The van der Waals surface area contributed by atoms with Crippen molar-refractivity contribution in [2.24, 2.45) is 5.41 Å². The van der Waals surface area contributed by atoms with Crippen LogP contribution in [0.4, 0.5) is 0 Å². The third-order valence-electron chi connectivity index (χ3n) is 2.76. The lowest BCUT2D eigenvalue weighted by Gasteiger charge is -2.26. The maximum Gasteiger partial charge on any atom is 0.242 e. The van der Waals surface area contributed by atoms with E-state index in [2.05, 4.69) is 0 Å². The van der Waals surface area contributed by atoms with Crippen molar-refractivity contribution in [1.82, 2.24) is 4.31 Å². The number of hydrogen-bond donors (Lipinski definition) is 0. The minimum Gasteiger partial charge on any atom is -0.493 e. The molecule has 0 N–H and O–H groups in total. The molecule has 0 aromatic heterocycles. The maximum atomic E-state index is 12.5. The molecule has 0 heterocycles. The lowest BCUT2D eigenvalue weighted by atomic mass is 9.97. The highest BCUT2D eigenvalue weighted by molar-refractivity contribution is 7.89. The van der Waals surface area contributed by atoms with Gasteiger partial charge in [-0.3, -0.25) is 0 Å². The molecule has 0 saturated carbocycles. The first-order chi connectivity index (χ1) is 9.11. The molecule has 5 nitrogen and oxygen atoms in total. The standard InChI is InChI=1S/C14H23NO4S/c1-14(2,3)10-15(4)20(16,17)11-7-8-12(18-5)13(9-11)19-6/h7-9H,10H2,1-6H3. The van der Waals surface area contributed by atoms with Gasteiger partial charge in [-0.1, -0.05) is 20.8 Å². The van der Waals surface area contributed by atoms with Crippen molar-refractivity contribution in [3.63, 3.8) is 0 Å². The summed E-state index contributed by atoms with van der Waals surface area (Å²) in [5, 5.41) is 0. The first-order valence-electron chi connectivity index (χ1n) is 6.30. The highest BCUT2D eigenvalue weighted by Crippen LogP contribution is 2.31. The molecular formula is C14H23NO4S. The Bertz CT molecular complexity index is 561. The van der Waals surface area contributed by atoms with E-state index in [1.807, 2.05) is 20.8 Å². The van der Waals surface area contributed by atoms with Crippen molar-refractivity contribution in [2.75, 3.05) is 27.8 Å². The smallest absolute Gasteiger partial charge is 0.242 e. The van der Waals surface area contributed by atoms with Gasteiger partial charge in [0.1, 0.15) is 0 Å². The number of sulfonamides is 1. The molecule has 114 valence electrons. The van der Waals surface area contributed by atoms with Crippen molar-refractivity contribution in [2.45, 2.75) is 25.7 Å². The topological polar surface area (TPSA) is 55.8 Å². The van der Waals surface area contributed by atoms with E-state index in [0.717, 1.165) is 0 Å². The second-order valence-corrected chi connectivity index (χ2v) is 7.88. The largest absolute Gasteiger partial charge is 0.493 e. The van der Waals surface area contributed by atoms with Crippen LogP contribution in [0.3, 0.4) is 0 Å². The van der Waals surface area contributed by atoms with Crippen molar-refractivity contribution in [1.29, 1.82) is 0 Å². The summed E-state index contributed by atoms with van der Waals surface area (Å²) in [5.41, 5.74) is -0.113. The van der Waals surface area contributed by atoms with Gasteiger partial charge >= 0.3 is 0 Å². The van der Waals surface area contributed by atoms with Crippen LogP contribution in [0.2, 0.25) is 0 Å². The highest BCUT2D eigenvalue weighted by atomic mass is 32.2. The van der Waals surface area contributed by atoms with Gasteiger partial charge in [0.25, 0.3) is 0 Å². The molecule has 0 fully saturated rings. The van der Waals surface area contributed by atoms with Gasteiger partial charge in [-0.2, -0.15) is 0 Å². The van der Waals surface area contributed by atoms with Crippen LogP contribution >= 0.6 is 0 Å². The highest BCUT2D eigenvalue weighted by Gasteiger charge is 2.26. The van der Waals surface area contributed by atoms with E-state index in [-0.39, 0.29) is 10.3 Å². The van der Waals surface area contributed by atoms with Gasteiger partial charge in [0, 0.05) is 19.7 Å². The molecule has 0 spiro atoms. The van der Waals surface area contributed by atoms with Gasteiger partial charge in [0.15, 0.2) is 11.5 Å². The van der Waals surface area contributed by atoms with Crippen molar-refractivity contribution >= 4 is 10.0 Å². The molecule has 20 heavy (non-hydrogen) atoms. The second kappa shape index (κ2) is 6.01. The summed E-state index contributed by atoms with van der Waals surface area (Å²) in [7, 11) is 1.04. The van der Waals surface area contributed by atoms with Crippen molar-refractivity contribution < 1.29 is 17.9 Å². The summed E-state index contributed by atoms with van der Waals surface area (Å²) in [5.74, 6) is 0.905. The van der Waals surface area contributed by atoms with E-state index in [0.29, 0.717) is 18.0 Å². The fraction of sp³-hybridized carbons (Fsp3) is 0.571. The second-order valence-electron chi connectivity index (χ2n) is 5.84. The minimum atomic E-state index is -3.53. The van der Waals surface area contributed by atoms with Crippen LogP contribution in [0.25, 0.3) is 0 Å². The minimum absolute atomic E-state index is 0.113. The molecule has 0 bridgehead atoms. The van der Waals surface area contributed by atoms with E-state index >= 15 is 0 Å². The van der Waals surface area contributed by atoms with Gasteiger partial charge in [0.05, 0.1) is 19.1 Å². The molecule has 0 unspecified atom stereocenters.